The van der Waals surface area contributed by atoms with E-state index in [0.717, 1.165) is 37.2 Å². The zero-order valence-corrected chi connectivity index (χ0v) is 17.4. The minimum absolute atomic E-state index is 0.0994. The van der Waals surface area contributed by atoms with Gasteiger partial charge in [0.25, 0.3) is 0 Å². The van der Waals surface area contributed by atoms with E-state index in [0.29, 0.717) is 11.6 Å². The van der Waals surface area contributed by atoms with Crippen molar-refractivity contribution in [3.63, 3.8) is 0 Å². The SMILES string of the molecule is CCCN1CCC(N(C)c2cccc(CC(=O)c3ccc(F)cc3Cl)c2)CC1. The Morgan fingerprint density at radius 2 is 1.96 bits per heavy atom. The Balaban J connectivity index is 1.66. The van der Waals surface area contributed by atoms with Gasteiger partial charge < -0.3 is 9.80 Å². The maximum absolute atomic E-state index is 13.2. The lowest BCUT2D eigenvalue weighted by atomic mass is 10.00. The Hall–Kier alpha value is -1.91. The van der Waals surface area contributed by atoms with E-state index < -0.39 is 5.82 Å². The molecule has 0 bridgehead atoms. The van der Waals surface area contributed by atoms with Crippen molar-refractivity contribution in [1.29, 1.82) is 0 Å². The van der Waals surface area contributed by atoms with E-state index in [9.17, 15) is 9.18 Å². The van der Waals surface area contributed by atoms with Crippen LogP contribution in [0.1, 0.15) is 42.1 Å². The Morgan fingerprint density at radius 3 is 2.64 bits per heavy atom. The zero-order valence-electron chi connectivity index (χ0n) is 16.6. The molecule has 1 saturated heterocycles. The van der Waals surface area contributed by atoms with Gasteiger partial charge in [-0.15, -0.1) is 0 Å². The highest BCUT2D eigenvalue weighted by Crippen LogP contribution is 2.25. The van der Waals surface area contributed by atoms with E-state index >= 15 is 0 Å². The molecule has 3 nitrogen and oxygen atoms in total. The highest BCUT2D eigenvalue weighted by Gasteiger charge is 2.22. The van der Waals surface area contributed by atoms with Crippen LogP contribution in [-0.4, -0.2) is 43.4 Å². The molecule has 0 saturated carbocycles. The van der Waals surface area contributed by atoms with Gasteiger partial charge in [-0.1, -0.05) is 30.7 Å². The summed E-state index contributed by atoms with van der Waals surface area (Å²) in [6, 6.07) is 12.6. The standard InChI is InChI=1S/C23H28ClFN2O/c1-3-11-27-12-9-19(10-13-27)26(2)20-6-4-5-17(14-20)15-23(28)21-8-7-18(25)16-22(21)24/h4-8,14,16,19H,3,9-13,15H2,1-2H3. The zero-order chi connectivity index (χ0) is 20.1. The molecule has 150 valence electrons. The lowest BCUT2D eigenvalue weighted by molar-refractivity contribution is 0.0993. The van der Waals surface area contributed by atoms with Crippen LogP contribution in [0.2, 0.25) is 5.02 Å². The number of nitrogens with zero attached hydrogens (tertiary/aromatic N) is 2. The molecule has 3 rings (SSSR count). The number of carbonyl (C=O) groups is 1. The van der Waals surface area contributed by atoms with Gasteiger partial charge in [0.15, 0.2) is 5.78 Å². The van der Waals surface area contributed by atoms with Crippen LogP contribution in [0.25, 0.3) is 0 Å². The van der Waals surface area contributed by atoms with E-state index in [2.05, 4.69) is 35.9 Å². The summed E-state index contributed by atoms with van der Waals surface area (Å²) in [4.78, 5) is 17.5. The molecular weight excluding hydrogens is 375 g/mol. The normalized spacial score (nSPS) is 15.6. The van der Waals surface area contributed by atoms with Crippen molar-refractivity contribution in [2.24, 2.45) is 0 Å². The van der Waals surface area contributed by atoms with Gasteiger partial charge >= 0.3 is 0 Å². The van der Waals surface area contributed by atoms with E-state index in [4.69, 9.17) is 11.6 Å². The second-order valence-corrected chi connectivity index (χ2v) is 7.98. The summed E-state index contributed by atoms with van der Waals surface area (Å²) in [5.74, 6) is -0.534. The molecule has 0 amide bonds. The highest BCUT2D eigenvalue weighted by molar-refractivity contribution is 6.34. The van der Waals surface area contributed by atoms with Gasteiger partial charge in [-0.2, -0.15) is 0 Å². The fraction of sp³-hybridized carbons (Fsp3) is 0.435. The maximum Gasteiger partial charge on any atom is 0.168 e. The minimum atomic E-state index is -0.435. The smallest absolute Gasteiger partial charge is 0.168 e. The van der Waals surface area contributed by atoms with E-state index in [-0.39, 0.29) is 17.2 Å². The van der Waals surface area contributed by atoms with Crippen molar-refractivity contribution in [3.8, 4) is 0 Å². The first-order valence-electron chi connectivity index (χ1n) is 10.00. The molecule has 28 heavy (non-hydrogen) atoms. The van der Waals surface area contributed by atoms with Crippen molar-refractivity contribution < 1.29 is 9.18 Å². The first-order valence-corrected chi connectivity index (χ1v) is 10.4. The van der Waals surface area contributed by atoms with Gasteiger partial charge in [-0.05, 0) is 61.7 Å². The molecule has 0 aromatic heterocycles. The maximum atomic E-state index is 13.2. The first kappa shape index (κ1) is 20.8. The molecule has 1 heterocycles. The van der Waals surface area contributed by atoms with Crippen LogP contribution in [0.5, 0.6) is 0 Å². The molecule has 0 aliphatic carbocycles. The molecule has 1 fully saturated rings. The van der Waals surface area contributed by atoms with Gasteiger partial charge in [0.05, 0.1) is 5.02 Å². The molecule has 0 atom stereocenters. The van der Waals surface area contributed by atoms with Crippen LogP contribution in [0.3, 0.4) is 0 Å². The van der Waals surface area contributed by atoms with Crippen LogP contribution >= 0.6 is 11.6 Å². The summed E-state index contributed by atoms with van der Waals surface area (Å²) in [7, 11) is 2.14. The Labute approximate surface area is 172 Å². The van der Waals surface area contributed by atoms with E-state index in [1.54, 1.807) is 0 Å². The summed E-state index contributed by atoms with van der Waals surface area (Å²) in [5.41, 5.74) is 2.44. The average Bonchev–Trinajstić information content (AvgIpc) is 2.68. The summed E-state index contributed by atoms with van der Waals surface area (Å²) in [5, 5.41) is 0.164. The summed E-state index contributed by atoms with van der Waals surface area (Å²) < 4.78 is 13.2. The number of carbonyl (C=O) groups excluding carboxylic acids is 1. The quantitative estimate of drug-likeness (QED) is 0.593. The average molecular weight is 403 g/mol. The largest absolute Gasteiger partial charge is 0.372 e. The Kier molecular flexibility index (Phi) is 7.08. The van der Waals surface area contributed by atoms with Gasteiger partial charge in [-0.25, -0.2) is 4.39 Å². The number of Topliss-reactive ketones (excluding diaryl/α,β-unsaturated/α-hetero) is 1. The van der Waals surface area contributed by atoms with Crippen molar-refractivity contribution in [1.82, 2.24) is 4.90 Å². The number of hydrogen-bond acceptors (Lipinski definition) is 3. The van der Waals surface area contributed by atoms with E-state index in [1.807, 2.05) is 12.1 Å². The molecular formula is C23H28ClFN2O. The third-order valence-electron chi connectivity index (χ3n) is 5.56. The van der Waals surface area contributed by atoms with Crippen molar-refractivity contribution >= 4 is 23.1 Å². The van der Waals surface area contributed by atoms with Crippen molar-refractivity contribution in [3.05, 3.63) is 64.4 Å². The molecule has 0 N–H and O–H groups in total. The topological polar surface area (TPSA) is 23.6 Å². The molecule has 0 unspecified atom stereocenters. The third-order valence-corrected chi connectivity index (χ3v) is 5.87. The molecule has 2 aromatic carbocycles. The van der Waals surface area contributed by atoms with Crippen LogP contribution in [0.15, 0.2) is 42.5 Å². The molecule has 0 spiro atoms. The first-order chi connectivity index (χ1) is 13.5. The number of anilines is 1. The molecule has 1 aliphatic rings. The number of piperidine rings is 1. The fourth-order valence-corrected chi connectivity index (χ4v) is 4.21. The number of likely N-dealkylation sites (tertiary alicyclic amines) is 1. The summed E-state index contributed by atoms with van der Waals surface area (Å²) in [6.07, 6.45) is 3.77. The predicted octanol–water partition coefficient (Wildman–Crippen LogP) is 5.22. The summed E-state index contributed by atoms with van der Waals surface area (Å²) >= 11 is 6.04. The Bertz CT molecular complexity index is 818. The van der Waals surface area contributed by atoms with Crippen LogP contribution < -0.4 is 4.90 Å². The molecule has 0 radical (unpaired) electrons. The van der Waals surface area contributed by atoms with Crippen LogP contribution in [0.4, 0.5) is 10.1 Å². The summed E-state index contributed by atoms with van der Waals surface area (Å²) in [6.45, 7) is 5.69. The Morgan fingerprint density at radius 1 is 1.21 bits per heavy atom. The number of ketones is 1. The predicted molar refractivity (Wildman–Crippen MR) is 114 cm³/mol. The number of benzene rings is 2. The van der Waals surface area contributed by atoms with Crippen molar-refractivity contribution in [2.75, 3.05) is 31.6 Å². The monoisotopic (exact) mass is 402 g/mol. The third kappa shape index (κ3) is 5.12. The molecule has 5 heteroatoms. The van der Waals surface area contributed by atoms with Gasteiger partial charge in [-0.3, -0.25) is 4.79 Å². The van der Waals surface area contributed by atoms with Crippen LogP contribution in [0, 0.1) is 5.82 Å². The van der Waals surface area contributed by atoms with E-state index in [1.165, 1.54) is 31.2 Å². The highest BCUT2D eigenvalue weighted by atomic mass is 35.5. The second-order valence-electron chi connectivity index (χ2n) is 7.58. The van der Waals surface area contributed by atoms with Gasteiger partial charge in [0.2, 0.25) is 0 Å². The van der Waals surface area contributed by atoms with Gasteiger partial charge in [0, 0.05) is 43.9 Å². The lowest BCUT2D eigenvalue weighted by Crippen LogP contribution is -2.43. The molecule has 2 aromatic rings. The van der Waals surface area contributed by atoms with Gasteiger partial charge in [0.1, 0.15) is 5.82 Å². The lowest BCUT2D eigenvalue weighted by Gasteiger charge is -2.38. The number of rotatable bonds is 7. The van der Waals surface area contributed by atoms with Crippen molar-refractivity contribution in [2.45, 2.75) is 38.6 Å². The molecule has 1 aliphatic heterocycles. The number of halogens is 2. The second kappa shape index (κ2) is 9.53. The van der Waals surface area contributed by atoms with Crippen LogP contribution in [-0.2, 0) is 6.42 Å². The minimum Gasteiger partial charge on any atom is -0.372 e. The number of hydrogen-bond donors (Lipinski definition) is 0. The fourth-order valence-electron chi connectivity index (χ4n) is 3.94.